The average molecular weight is 243 g/mol. The Morgan fingerprint density at radius 2 is 2.17 bits per heavy atom. The van der Waals surface area contributed by atoms with E-state index < -0.39 is 0 Å². The molecule has 18 heavy (non-hydrogen) atoms. The molecule has 0 radical (unpaired) electrons. The molecule has 0 atom stereocenters. The molecular weight excluding hydrogens is 226 g/mol. The summed E-state index contributed by atoms with van der Waals surface area (Å²) in [5.41, 5.74) is 2.54. The molecule has 1 aliphatic rings. The number of H-pyrrole nitrogens is 1. The van der Waals surface area contributed by atoms with Crippen molar-refractivity contribution in [3.05, 3.63) is 29.6 Å². The molecule has 4 heteroatoms. The lowest BCUT2D eigenvalue weighted by Gasteiger charge is -2.11. The number of nitrogens with zero attached hydrogens (tertiary/aromatic N) is 1. The van der Waals surface area contributed by atoms with E-state index in [1.54, 1.807) is 0 Å². The molecule has 0 aliphatic heterocycles. The zero-order valence-corrected chi connectivity index (χ0v) is 10.5. The number of carbonyl (C=O) groups is 1. The number of aromatic nitrogens is 2. The fourth-order valence-corrected chi connectivity index (χ4v) is 2.62. The van der Waals surface area contributed by atoms with Gasteiger partial charge in [0.15, 0.2) is 0 Å². The fraction of sp³-hybridized carbons (Fsp3) is 0.429. The lowest BCUT2D eigenvalue weighted by atomic mass is 10.1. The molecule has 1 amide bonds. The predicted octanol–water partition coefficient (Wildman–Crippen LogP) is 2.54. The number of hydrogen-bond acceptors (Lipinski definition) is 2. The number of aryl methyl sites for hydroxylation is 1. The molecule has 1 aliphatic carbocycles. The summed E-state index contributed by atoms with van der Waals surface area (Å²) in [5, 5.41) is 3.09. The monoisotopic (exact) mass is 243 g/mol. The quantitative estimate of drug-likeness (QED) is 0.851. The number of fused-ring (bicyclic) bond motifs is 1. The molecule has 0 saturated heterocycles. The van der Waals surface area contributed by atoms with Gasteiger partial charge in [-0.3, -0.25) is 4.79 Å². The van der Waals surface area contributed by atoms with Crippen LogP contribution in [-0.4, -0.2) is 21.9 Å². The van der Waals surface area contributed by atoms with Crippen LogP contribution in [0.25, 0.3) is 11.0 Å². The third-order valence-electron chi connectivity index (χ3n) is 3.55. The van der Waals surface area contributed by atoms with Crippen LogP contribution in [0.2, 0.25) is 0 Å². The van der Waals surface area contributed by atoms with Crippen molar-refractivity contribution >= 4 is 16.9 Å². The van der Waals surface area contributed by atoms with E-state index in [0.29, 0.717) is 11.6 Å². The first-order chi connectivity index (χ1) is 8.72. The third kappa shape index (κ3) is 2.10. The molecule has 1 saturated carbocycles. The van der Waals surface area contributed by atoms with Crippen LogP contribution in [0.4, 0.5) is 0 Å². The Morgan fingerprint density at radius 1 is 1.39 bits per heavy atom. The largest absolute Gasteiger partial charge is 0.349 e. The SMILES string of the molecule is Cc1nc2ccc(C(=O)NC3CCCC3)cc2[nH]1. The Kier molecular flexibility index (Phi) is 2.78. The van der Waals surface area contributed by atoms with Crippen molar-refractivity contribution in [2.45, 2.75) is 38.6 Å². The van der Waals surface area contributed by atoms with Crippen molar-refractivity contribution in [1.82, 2.24) is 15.3 Å². The molecule has 1 aromatic carbocycles. The second-order valence-electron chi connectivity index (χ2n) is 5.01. The highest BCUT2D eigenvalue weighted by molar-refractivity contribution is 5.97. The molecule has 1 heterocycles. The van der Waals surface area contributed by atoms with Gasteiger partial charge in [0.1, 0.15) is 5.82 Å². The summed E-state index contributed by atoms with van der Waals surface area (Å²) in [6, 6.07) is 5.96. The van der Waals surface area contributed by atoms with Crippen LogP contribution in [0.1, 0.15) is 41.9 Å². The lowest BCUT2D eigenvalue weighted by Crippen LogP contribution is -2.32. The smallest absolute Gasteiger partial charge is 0.251 e. The van der Waals surface area contributed by atoms with Crippen LogP contribution in [0.5, 0.6) is 0 Å². The van der Waals surface area contributed by atoms with Crippen LogP contribution >= 0.6 is 0 Å². The van der Waals surface area contributed by atoms with Crippen molar-refractivity contribution < 1.29 is 4.79 Å². The van der Waals surface area contributed by atoms with Gasteiger partial charge in [-0.15, -0.1) is 0 Å². The molecule has 2 N–H and O–H groups in total. The molecule has 4 nitrogen and oxygen atoms in total. The fourth-order valence-electron chi connectivity index (χ4n) is 2.62. The van der Waals surface area contributed by atoms with Gasteiger partial charge in [-0.25, -0.2) is 4.98 Å². The number of carbonyl (C=O) groups excluding carboxylic acids is 1. The minimum absolute atomic E-state index is 0.0241. The normalized spacial score (nSPS) is 16.3. The van der Waals surface area contributed by atoms with Crippen molar-refractivity contribution in [3.63, 3.8) is 0 Å². The minimum atomic E-state index is 0.0241. The van der Waals surface area contributed by atoms with Gasteiger partial charge in [-0.05, 0) is 38.0 Å². The van der Waals surface area contributed by atoms with Gasteiger partial charge in [-0.2, -0.15) is 0 Å². The zero-order valence-electron chi connectivity index (χ0n) is 10.5. The summed E-state index contributed by atoms with van der Waals surface area (Å²) in [6.45, 7) is 1.91. The highest BCUT2D eigenvalue weighted by atomic mass is 16.1. The van der Waals surface area contributed by atoms with Gasteiger partial charge in [0, 0.05) is 11.6 Å². The van der Waals surface area contributed by atoms with Crippen molar-refractivity contribution in [2.24, 2.45) is 0 Å². The molecule has 0 unspecified atom stereocenters. The summed E-state index contributed by atoms with van der Waals surface area (Å²) in [7, 11) is 0. The summed E-state index contributed by atoms with van der Waals surface area (Å²) < 4.78 is 0. The summed E-state index contributed by atoms with van der Waals surface area (Å²) >= 11 is 0. The summed E-state index contributed by atoms with van der Waals surface area (Å²) in [6.07, 6.45) is 4.67. The van der Waals surface area contributed by atoms with Gasteiger partial charge < -0.3 is 10.3 Å². The Hall–Kier alpha value is -1.84. The first-order valence-electron chi connectivity index (χ1n) is 6.49. The number of aromatic amines is 1. The molecule has 2 aromatic rings. The Morgan fingerprint density at radius 3 is 2.94 bits per heavy atom. The first-order valence-corrected chi connectivity index (χ1v) is 6.49. The molecule has 1 fully saturated rings. The van der Waals surface area contributed by atoms with E-state index in [2.05, 4.69) is 15.3 Å². The van der Waals surface area contributed by atoms with E-state index in [4.69, 9.17) is 0 Å². The number of hydrogen-bond donors (Lipinski definition) is 2. The second kappa shape index (κ2) is 4.44. The Balaban J connectivity index is 1.81. The van der Waals surface area contributed by atoms with Crippen LogP contribution < -0.4 is 5.32 Å². The Labute approximate surface area is 106 Å². The van der Waals surface area contributed by atoms with E-state index in [1.165, 1.54) is 12.8 Å². The number of benzene rings is 1. The van der Waals surface area contributed by atoms with E-state index in [1.807, 2.05) is 25.1 Å². The maximum absolute atomic E-state index is 12.1. The van der Waals surface area contributed by atoms with Crippen LogP contribution in [0.3, 0.4) is 0 Å². The highest BCUT2D eigenvalue weighted by Crippen LogP contribution is 2.19. The van der Waals surface area contributed by atoms with E-state index in [0.717, 1.165) is 29.7 Å². The molecule has 0 bridgehead atoms. The number of amides is 1. The number of imidazole rings is 1. The van der Waals surface area contributed by atoms with Crippen LogP contribution in [-0.2, 0) is 0 Å². The highest BCUT2D eigenvalue weighted by Gasteiger charge is 2.18. The van der Waals surface area contributed by atoms with Crippen molar-refractivity contribution in [3.8, 4) is 0 Å². The lowest BCUT2D eigenvalue weighted by molar-refractivity contribution is 0.0938. The molecule has 3 rings (SSSR count). The molecule has 0 spiro atoms. The van der Waals surface area contributed by atoms with Crippen molar-refractivity contribution in [1.29, 1.82) is 0 Å². The molecular formula is C14H17N3O. The van der Waals surface area contributed by atoms with Crippen molar-refractivity contribution in [2.75, 3.05) is 0 Å². The first kappa shape index (κ1) is 11.3. The summed E-state index contributed by atoms with van der Waals surface area (Å²) in [5.74, 6) is 0.898. The summed E-state index contributed by atoms with van der Waals surface area (Å²) in [4.78, 5) is 19.6. The third-order valence-corrected chi connectivity index (χ3v) is 3.55. The van der Waals surface area contributed by atoms with Gasteiger partial charge in [0.25, 0.3) is 5.91 Å². The topological polar surface area (TPSA) is 57.8 Å². The van der Waals surface area contributed by atoms with Gasteiger partial charge in [0.2, 0.25) is 0 Å². The minimum Gasteiger partial charge on any atom is -0.349 e. The molecule has 1 aromatic heterocycles. The second-order valence-corrected chi connectivity index (χ2v) is 5.01. The number of rotatable bonds is 2. The van der Waals surface area contributed by atoms with E-state index >= 15 is 0 Å². The van der Waals surface area contributed by atoms with Gasteiger partial charge in [0.05, 0.1) is 11.0 Å². The zero-order chi connectivity index (χ0) is 12.5. The maximum Gasteiger partial charge on any atom is 0.251 e. The Bertz CT molecular complexity index is 582. The number of nitrogens with one attached hydrogen (secondary N) is 2. The van der Waals surface area contributed by atoms with Gasteiger partial charge in [-0.1, -0.05) is 12.8 Å². The van der Waals surface area contributed by atoms with Crippen LogP contribution in [0, 0.1) is 6.92 Å². The van der Waals surface area contributed by atoms with E-state index in [-0.39, 0.29) is 5.91 Å². The van der Waals surface area contributed by atoms with Crippen LogP contribution in [0.15, 0.2) is 18.2 Å². The average Bonchev–Trinajstić information content (AvgIpc) is 2.95. The maximum atomic E-state index is 12.1. The predicted molar refractivity (Wildman–Crippen MR) is 70.6 cm³/mol. The van der Waals surface area contributed by atoms with E-state index in [9.17, 15) is 4.79 Å². The standard InChI is InChI=1S/C14H17N3O/c1-9-15-12-7-6-10(8-13(12)16-9)14(18)17-11-4-2-3-5-11/h6-8,11H,2-5H2,1H3,(H,15,16)(H,17,18). The van der Waals surface area contributed by atoms with Gasteiger partial charge >= 0.3 is 0 Å². The molecule has 94 valence electrons.